The number of hydrogen-bond donors (Lipinski definition) is 0. The van der Waals surface area contributed by atoms with Crippen molar-refractivity contribution in [3.8, 4) is 0 Å². The number of thiophene rings is 1. The van der Waals surface area contributed by atoms with Crippen molar-refractivity contribution in [3.63, 3.8) is 0 Å². The highest BCUT2D eigenvalue weighted by atomic mass is 127. The second-order valence-corrected chi connectivity index (χ2v) is 5.55. The van der Waals surface area contributed by atoms with Crippen LogP contribution in [0.1, 0.15) is 23.2 Å². The summed E-state index contributed by atoms with van der Waals surface area (Å²) in [5.41, 5.74) is 0.691. The second-order valence-electron chi connectivity index (χ2n) is 2.74. The lowest BCUT2D eigenvalue weighted by Gasteiger charge is -1.98. The summed E-state index contributed by atoms with van der Waals surface area (Å²) in [5, 5.41) is 1.84. The third kappa shape index (κ3) is 1.98. The van der Waals surface area contributed by atoms with E-state index >= 15 is 0 Å². The van der Waals surface area contributed by atoms with Gasteiger partial charge in [-0.15, -0.1) is 11.3 Å². The maximum atomic E-state index is 11.3. The summed E-state index contributed by atoms with van der Waals surface area (Å²) < 4.78 is 6.25. The van der Waals surface area contributed by atoms with Crippen molar-refractivity contribution < 1.29 is 9.53 Å². The molecule has 0 spiro atoms. The van der Waals surface area contributed by atoms with Gasteiger partial charge in [-0.05, 0) is 41.5 Å². The Morgan fingerprint density at radius 1 is 1.67 bits per heavy atom. The van der Waals surface area contributed by atoms with E-state index in [9.17, 15) is 4.79 Å². The average molecular weight is 294 g/mol. The second kappa shape index (κ2) is 3.33. The number of esters is 1. The zero-order valence-electron chi connectivity index (χ0n) is 6.25. The Kier molecular flexibility index (Phi) is 2.36. The molecule has 64 valence electrons. The van der Waals surface area contributed by atoms with Gasteiger partial charge in [0.25, 0.3) is 0 Å². The number of carbonyl (C=O) groups excluding carboxylic acids is 1. The quantitative estimate of drug-likeness (QED) is 0.619. The Bertz CT molecular complexity index is 304. The number of hydrogen-bond acceptors (Lipinski definition) is 3. The van der Waals surface area contributed by atoms with Gasteiger partial charge in [0.05, 0.1) is 8.45 Å². The molecule has 0 unspecified atom stereocenters. The summed E-state index contributed by atoms with van der Waals surface area (Å²) in [6.07, 6.45) is 2.27. The topological polar surface area (TPSA) is 26.3 Å². The molecule has 1 saturated carbocycles. The van der Waals surface area contributed by atoms with Crippen LogP contribution in [0.25, 0.3) is 0 Å². The van der Waals surface area contributed by atoms with Gasteiger partial charge in [-0.25, -0.2) is 4.79 Å². The predicted molar refractivity (Wildman–Crippen MR) is 55.5 cm³/mol. The molecule has 0 amide bonds. The first-order valence-electron chi connectivity index (χ1n) is 3.71. The summed E-state index contributed by atoms with van der Waals surface area (Å²) in [6.45, 7) is 0. The van der Waals surface area contributed by atoms with Crippen LogP contribution >= 0.6 is 33.9 Å². The Hall–Kier alpha value is -0.100. The van der Waals surface area contributed by atoms with Gasteiger partial charge < -0.3 is 4.74 Å². The average Bonchev–Trinajstić information content (AvgIpc) is 2.72. The molecule has 0 N–H and O–H groups in total. The van der Waals surface area contributed by atoms with E-state index in [2.05, 4.69) is 22.6 Å². The van der Waals surface area contributed by atoms with Crippen molar-refractivity contribution in [1.29, 1.82) is 0 Å². The van der Waals surface area contributed by atoms with Gasteiger partial charge >= 0.3 is 5.97 Å². The lowest BCUT2D eigenvalue weighted by atomic mass is 10.3. The lowest BCUT2D eigenvalue weighted by Crippen LogP contribution is -2.04. The van der Waals surface area contributed by atoms with Crippen LogP contribution in [0.4, 0.5) is 0 Å². The Morgan fingerprint density at radius 2 is 2.42 bits per heavy atom. The zero-order chi connectivity index (χ0) is 8.55. The molecule has 2 nitrogen and oxygen atoms in total. The Morgan fingerprint density at radius 3 is 2.92 bits per heavy atom. The van der Waals surface area contributed by atoms with E-state index in [0.29, 0.717) is 5.56 Å². The van der Waals surface area contributed by atoms with Crippen molar-refractivity contribution in [2.75, 3.05) is 0 Å². The molecule has 1 aliphatic carbocycles. The molecule has 1 aromatic rings. The molecular weight excluding hydrogens is 287 g/mol. The van der Waals surface area contributed by atoms with Gasteiger partial charge in [-0.1, -0.05) is 0 Å². The summed E-state index contributed by atoms with van der Waals surface area (Å²) >= 11 is 3.76. The minimum atomic E-state index is -0.170. The van der Waals surface area contributed by atoms with Crippen LogP contribution in [-0.4, -0.2) is 12.1 Å². The zero-order valence-corrected chi connectivity index (χ0v) is 9.22. The third-order valence-corrected chi connectivity index (χ3v) is 3.39. The number of ether oxygens (including phenoxy) is 1. The van der Waals surface area contributed by atoms with Crippen LogP contribution in [0.15, 0.2) is 11.4 Å². The minimum absolute atomic E-state index is 0.170. The molecule has 0 radical (unpaired) electrons. The van der Waals surface area contributed by atoms with Gasteiger partial charge in [-0.3, -0.25) is 0 Å². The largest absolute Gasteiger partial charge is 0.459 e. The third-order valence-electron chi connectivity index (χ3n) is 1.60. The smallest absolute Gasteiger partial charge is 0.339 e. The maximum absolute atomic E-state index is 11.3. The summed E-state index contributed by atoms with van der Waals surface area (Å²) in [6, 6.07) is 1.86. The molecule has 4 heteroatoms. The van der Waals surface area contributed by atoms with Crippen molar-refractivity contribution in [2.24, 2.45) is 0 Å². The number of rotatable bonds is 2. The van der Waals surface area contributed by atoms with Crippen molar-refractivity contribution in [3.05, 3.63) is 19.9 Å². The molecule has 1 fully saturated rings. The molecule has 0 atom stereocenters. The molecule has 12 heavy (non-hydrogen) atoms. The Balaban J connectivity index is 2.03. The highest BCUT2D eigenvalue weighted by Crippen LogP contribution is 2.26. The Labute approximate surface area is 88.1 Å². The first-order chi connectivity index (χ1) is 5.75. The van der Waals surface area contributed by atoms with Crippen LogP contribution < -0.4 is 0 Å². The standard InChI is InChI=1S/C8H7IO2S/c9-7-3-5(4-12-7)8(10)11-6-1-2-6/h3-4,6H,1-2H2. The maximum Gasteiger partial charge on any atom is 0.339 e. The van der Waals surface area contributed by atoms with Gasteiger partial charge in [-0.2, -0.15) is 0 Å². The monoisotopic (exact) mass is 294 g/mol. The summed E-state index contributed by atoms with van der Waals surface area (Å²) in [7, 11) is 0. The van der Waals surface area contributed by atoms with Crippen molar-refractivity contribution in [1.82, 2.24) is 0 Å². The van der Waals surface area contributed by atoms with Gasteiger partial charge in [0.1, 0.15) is 6.10 Å². The molecule has 0 saturated heterocycles. The lowest BCUT2D eigenvalue weighted by molar-refractivity contribution is 0.0473. The molecule has 0 bridgehead atoms. The van der Waals surface area contributed by atoms with E-state index in [1.807, 2.05) is 11.4 Å². The molecule has 2 rings (SSSR count). The minimum Gasteiger partial charge on any atom is -0.459 e. The fourth-order valence-corrected chi connectivity index (χ4v) is 2.14. The van der Waals surface area contributed by atoms with E-state index in [1.165, 1.54) is 0 Å². The van der Waals surface area contributed by atoms with E-state index in [1.54, 1.807) is 11.3 Å². The molecule has 0 aliphatic heterocycles. The molecule has 0 aromatic carbocycles. The highest BCUT2D eigenvalue weighted by molar-refractivity contribution is 14.1. The summed E-state index contributed by atoms with van der Waals surface area (Å²) in [5.74, 6) is -0.170. The predicted octanol–water partition coefficient (Wildman–Crippen LogP) is 2.67. The fraction of sp³-hybridized carbons (Fsp3) is 0.375. The first kappa shape index (κ1) is 8.50. The summed E-state index contributed by atoms with van der Waals surface area (Å²) in [4.78, 5) is 11.3. The van der Waals surface area contributed by atoms with E-state index in [-0.39, 0.29) is 12.1 Å². The van der Waals surface area contributed by atoms with Crippen LogP contribution in [-0.2, 0) is 4.74 Å². The fourth-order valence-electron chi connectivity index (χ4n) is 0.822. The molecule has 1 aliphatic rings. The van der Waals surface area contributed by atoms with Gasteiger partial charge in [0, 0.05) is 5.38 Å². The van der Waals surface area contributed by atoms with E-state index in [4.69, 9.17) is 4.74 Å². The van der Waals surface area contributed by atoms with Crippen LogP contribution in [0.5, 0.6) is 0 Å². The van der Waals surface area contributed by atoms with Crippen LogP contribution in [0.2, 0.25) is 0 Å². The first-order valence-corrected chi connectivity index (χ1v) is 5.66. The van der Waals surface area contributed by atoms with Gasteiger partial charge in [0.2, 0.25) is 0 Å². The van der Waals surface area contributed by atoms with Gasteiger partial charge in [0.15, 0.2) is 0 Å². The van der Waals surface area contributed by atoms with Crippen LogP contribution in [0.3, 0.4) is 0 Å². The molecule has 1 heterocycles. The van der Waals surface area contributed by atoms with Crippen LogP contribution in [0, 0.1) is 2.88 Å². The van der Waals surface area contributed by atoms with Crippen molar-refractivity contribution >= 4 is 39.9 Å². The normalized spacial score (nSPS) is 16.1. The highest BCUT2D eigenvalue weighted by Gasteiger charge is 2.26. The number of carbonyl (C=O) groups is 1. The SMILES string of the molecule is O=C(OC1CC1)c1csc(I)c1. The number of halogens is 1. The molecular formula is C8H7IO2S. The van der Waals surface area contributed by atoms with E-state index in [0.717, 1.165) is 15.7 Å². The molecule has 1 aromatic heterocycles. The van der Waals surface area contributed by atoms with E-state index < -0.39 is 0 Å². The van der Waals surface area contributed by atoms with Crippen molar-refractivity contribution in [2.45, 2.75) is 18.9 Å².